The van der Waals surface area contributed by atoms with Gasteiger partial charge in [-0.1, -0.05) is 48.5 Å². The van der Waals surface area contributed by atoms with E-state index >= 15 is 0 Å². The fourth-order valence-corrected chi connectivity index (χ4v) is 4.31. The normalized spacial score (nSPS) is 17.4. The molecular weight excluding hydrogens is 362 g/mol. The summed E-state index contributed by atoms with van der Waals surface area (Å²) in [6.45, 7) is 1.30. The van der Waals surface area contributed by atoms with Gasteiger partial charge in [-0.25, -0.2) is 13.1 Å². The number of carbonyl (C=O) groups excluding carboxylic acids is 1. The van der Waals surface area contributed by atoms with Gasteiger partial charge in [-0.15, -0.1) is 0 Å². The van der Waals surface area contributed by atoms with Crippen LogP contribution in [0.2, 0.25) is 0 Å². The number of para-hydroxylation sites is 1. The average Bonchev–Trinajstić information content (AvgIpc) is 2.64. The number of hydrogen-bond donors (Lipinski definition) is 2. The van der Waals surface area contributed by atoms with Crippen LogP contribution in [-0.4, -0.2) is 44.6 Å². The van der Waals surface area contributed by atoms with Crippen LogP contribution in [0.5, 0.6) is 0 Å². The number of amides is 1. The van der Waals surface area contributed by atoms with Gasteiger partial charge in [0.2, 0.25) is 15.9 Å². The molecule has 7 heteroatoms. The molecule has 1 amide bonds. The van der Waals surface area contributed by atoms with Crippen molar-refractivity contribution >= 4 is 21.6 Å². The molecule has 1 heterocycles. The second kappa shape index (κ2) is 8.65. The molecular formula is C20H25N3O3S. The average molecular weight is 388 g/mol. The van der Waals surface area contributed by atoms with Crippen LogP contribution in [0.15, 0.2) is 60.7 Å². The van der Waals surface area contributed by atoms with Gasteiger partial charge in [-0.3, -0.25) is 9.69 Å². The maximum atomic E-state index is 13.1. The molecule has 27 heavy (non-hydrogen) atoms. The number of hydrogen-bond acceptors (Lipinski definition) is 4. The van der Waals surface area contributed by atoms with E-state index in [9.17, 15) is 13.2 Å². The molecule has 0 unspecified atom stereocenters. The number of piperidine rings is 1. The van der Waals surface area contributed by atoms with Gasteiger partial charge in [-0.2, -0.15) is 0 Å². The number of nitrogens with one attached hydrogen (secondary N) is 2. The molecule has 3 rings (SSSR count). The van der Waals surface area contributed by atoms with Gasteiger partial charge in [0.1, 0.15) is 6.04 Å². The van der Waals surface area contributed by atoms with Crippen molar-refractivity contribution < 1.29 is 13.2 Å². The lowest BCUT2D eigenvalue weighted by Crippen LogP contribution is -2.47. The van der Waals surface area contributed by atoms with E-state index in [-0.39, 0.29) is 11.9 Å². The number of carbonyl (C=O) groups is 1. The van der Waals surface area contributed by atoms with Crippen molar-refractivity contribution in [3.8, 4) is 0 Å². The highest BCUT2D eigenvalue weighted by Crippen LogP contribution is 2.26. The number of benzene rings is 2. The maximum absolute atomic E-state index is 13.1. The van der Waals surface area contributed by atoms with Crippen LogP contribution in [0.25, 0.3) is 0 Å². The minimum Gasteiger partial charge on any atom is -0.324 e. The smallest absolute Gasteiger partial charge is 0.246 e. The molecule has 0 radical (unpaired) electrons. The summed E-state index contributed by atoms with van der Waals surface area (Å²) in [6, 6.07) is 18.6. The predicted octanol–water partition coefficient (Wildman–Crippen LogP) is 2.38. The van der Waals surface area contributed by atoms with Gasteiger partial charge >= 0.3 is 0 Å². The van der Waals surface area contributed by atoms with Gasteiger partial charge < -0.3 is 5.32 Å². The largest absolute Gasteiger partial charge is 0.324 e. The van der Waals surface area contributed by atoms with Crippen molar-refractivity contribution in [1.82, 2.24) is 9.62 Å². The van der Waals surface area contributed by atoms with E-state index < -0.39 is 16.1 Å². The number of sulfonamides is 1. The van der Waals surface area contributed by atoms with Gasteiger partial charge in [-0.05, 0) is 30.5 Å². The molecule has 1 aliphatic rings. The van der Waals surface area contributed by atoms with Crippen molar-refractivity contribution in [3.63, 3.8) is 0 Å². The Kier molecular flexibility index (Phi) is 6.26. The van der Waals surface area contributed by atoms with E-state index in [1.165, 1.54) is 6.26 Å². The van der Waals surface area contributed by atoms with Crippen molar-refractivity contribution in [2.75, 3.05) is 24.7 Å². The first-order valence-corrected chi connectivity index (χ1v) is 10.9. The molecule has 0 bridgehead atoms. The van der Waals surface area contributed by atoms with Crippen LogP contribution in [0.4, 0.5) is 5.69 Å². The van der Waals surface area contributed by atoms with E-state index in [1.54, 1.807) is 0 Å². The Morgan fingerprint density at radius 2 is 1.56 bits per heavy atom. The second-order valence-corrected chi connectivity index (χ2v) is 8.65. The Morgan fingerprint density at radius 3 is 2.11 bits per heavy atom. The van der Waals surface area contributed by atoms with E-state index in [2.05, 4.69) is 14.9 Å². The summed E-state index contributed by atoms with van der Waals surface area (Å²) in [4.78, 5) is 15.2. The number of nitrogens with zero attached hydrogens (tertiary/aromatic N) is 1. The fourth-order valence-electron chi connectivity index (χ4n) is 3.47. The van der Waals surface area contributed by atoms with Crippen molar-refractivity contribution in [3.05, 3.63) is 66.2 Å². The Morgan fingerprint density at radius 1 is 1.00 bits per heavy atom. The topological polar surface area (TPSA) is 78.5 Å². The number of anilines is 1. The van der Waals surface area contributed by atoms with Crippen LogP contribution in [0.1, 0.15) is 24.4 Å². The van der Waals surface area contributed by atoms with Crippen LogP contribution < -0.4 is 10.0 Å². The molecule has 6 nitrogen and oxygen atoms in total. The third-order valence-electron chi connectivity index (χ3n) is 4.68. The molecule has 2 N–H and O–H groups in total. The van der Waals surface area contributed by atoms with Gasteiger partial charge in [0.05, 0.1) is 6.26 Å². The predicted molar refractivity (Wildman–Crippen MR) is 107 cm³/mol. The molecule has 2 aromatic carbocycles. The molecule has 0 spiro atoms. The van der Waals surface area contributed by atoms with Crippen molar-refractivity contribution in [1.29, 1.82) is 0 Å². The number of rotatable bonds is 6. The van der Waals surface area contributed by atoms with E-state index in [1.807, 2.05) is 60.7 Å². The summed E-state index contributed by atoms with van der Waals surface area (Å²) in [5, 5.41) is 3.00. The summed E-state index contributed by atoms with van der Waals surface area (Å²) in [7, 11) is -3.22. The highest BCUT2D eigenvalue weighted by Gasteiger charge is 2.31. The van der Waals surface area contributed by atoms with Crippen LogP contribution in [0.3, 0.4) is 0 Å². The van der Waals surface area contributed by atoms with E-state index in [0.717, 1.165) is 11.3 Å². The monoisotopic (exact) mass is 387 g/mol. The zero-order chi connectivity index (χ0) is 19.3. The zero-order valence-corrected chi connectivity index (χ0v) is 16.2. The van der Waals surface area contributed by atoms with E-state index in [4.69, 9.17) is 0 Å². The Balaban J connectivity index is 1.74. The maximum Gasteiger partial charge on any atom is 0.246 e. The minimum atomic E-state index is -3.22. The third-order valence-corrected chi connectivity index (χ3v) is 5.44. The van der Waals surface area contributed by atoms with Crippen molar-refractivity contribution in [2.45, 2.75) is 24.9 Å². The summed E-state index contributed by atoms with van der Waals surface area (Å²) >= 11 is 0. The van der Waals surface area contributed by atoms with Crippen molar-refractivity contribution in [2.24, 2.45) is 0 Å². The fraction of sp³-hybridized carbons (Fsp3) is 0.350. The van der Waals surface area contributed by atoms with Crippen LogP contribution >= 0.6 is 0 Å². The molecule has 1 aliphatic heterocycles. The number of likely N-dealkylation sites (tertiary alicyclic amines) is 1. The first-order chi connectivity index (χ1) is 12.9. The minimum absolute atomic E-state index is 0.0788. The van der Waals surface area contributed by atoms with Gasteiger partial charge in [0, 0.05) is 24.8 Å². The Hall–Kier alpha value is -2.22. The zero-order valence-electron chi connectivity index (χ0n) is 15.3. The van der Waals surface area contributed by atoms with E-state index in [0.29, 0.717) is 25.9 Å². The third kappa shape index (κ3) is 5.63. The molecule has 1 atom stereocenters. The van der Waals surface area contributed by atoms with Gasteiger partial charge in [0.15, 0.2) is 0 Å². The molecule has 0 saturated carbocycles. The quantitative estimate of drug-likeness (QED) is 0.798. The first kappa shape index (κ1) is 19.5. The van der Waals surface area contributed by atoms with Crippen LogP contribution in [0, 0.1) is 0 Å². The second-order valence-electron chi connectivity index (χ2n) is 6.87. The molecule has 0 aromatic heterocycles. The van der Waals surface area contributed by atoms with Gasteiger partial charge in [0.25, 0.3) is 0 Å². The molecule has 1 saturated heterocycles. The summed E-state index contributed by atoms with van der Waals surface area (Å²) in [5.74, 6) is -0.0816. The molecule has 0 aliphatic carbocycles. The van der Waals surface area contributed by atoms with Crippen LogP contribution in [-0.2, 0) is 14.8 Å². The summed E-state index contributed by atoms with van der Waals surface area (Å²) < 4.78 is 25.6. The molecule has 1 fully saturated rings. The lowest BCUT2D eigenvalue weighted by atomic mass is 9.99. The Bertz CT molecular complexity index is 849. The summed E-state index contributed by atoms with van der Waals surface area (Å²) in [6.07, 6.45) is 2.53. The lowest BCUT2D eigenvalue weighted by Gasteiger charge is -2.37. The SMILES string of the molecule is CS(=O)(=O)NC1CCN([C@H](C(=O)Nc2ccccc2)c2ccccc2)CC1. The lowest BCUT2D eigenvalue weighted by molar-refractivity contribution is -0.122. The Labute approximate surface area is 160 Å². The summed E-state index contributed by atoms with van der Waals surface area (Å²) in [5.41, 5.74) is 1.69. The molecule has 144 valence electrons. The first-order valence-electron chi connectivity index (χ1n) is 9.04. The standard InChI is InChI=1S/C20H25N3O3S/c1-27(25,26)22-18-12-14-23(15-13-18)19(16-8-4-2-5-9-16)20(24)21-17-10-6-3-7-11-17/h2-11,18-19,22H,12-15H2,1H3,(H,21,24)/t19-/m0/s1. The highest BCUT2D eigenvalue weighted by atomic mass is 32.2. The highest BCUT2D eigenvalue weighted by molar-refractivity contribution is 7.88. The molecule has 2 aromatic rings.